The zero-order valence-electron chi connectivity index (χ0n) is 20.5. The van der Waals surface area contributed by atoms with E-state index in [1.165, 1.54) is 32.4 Å². The lowest BCUT2D eigenvalue weighted by atomic mass is 10.0. The molecule has 0 bridgehead atoms. The van der Waals surface area contributed by atoms with Crippen LogP contribution in [0.2, 0.25) is 0 Å². The minimum atomic E-state index is 0.720. The first kappa shape index (κ1) is 20.9. The number of hydrogen-bond acceptors (Lipinski definition) is 2. The highest BCUT2D eigenvalue weighted by Gasteiger charge is 2.16. The van der Waals surface area contributed by atoms with Gasteiger partial charge < -0.3 is 4.57 Å². The van der Waals surface area contributed by atoms with E-state index in [9.17, 15) is 0 Å². The summed E-state index contributed by atoms with van der Waals surface area (Å²) in [4.78, 5) is 9.59. The predicted octanol–water partition coefficient (Wildman–Crippen LogP) is 8.34. The molecule has 0 saturated carbocycles. The maximum absolute atomic E-state index is 5.02. The highest BCUT2D eigenvalue weighted by atomic mass is 15.1. The summed E-state index contributed by atoms with van der Waals surface area (Å²) < 4.78 is 4.52. The topological polar surface area (TPSA) is 35.6 Å². The van der Waals surface area contributed by atoms with E-state index in [-0.39, 0.29) is 0 Å². The van der Waals surface area contributed by atoms with Crippen molar-refractivity contribution in [3.63, 3.8) is 0 Å². The Labute approximate surface area is 219 Å². The van der Waals surface area contributed by atoms with Gasteiger partial charge in [-0.05, 0) is 59.3 Å². The zero-order chi connectivity index (χ0) is 25.1. The van der Waals surface area contributed by atoms with Crippen molar-refractivity contribution >= 4 is 43.5 Å². The molecule has 0 atom stereocenters. The number of nitrogens with zero attached hydrogens (tertiary/aromatic N) is 4. The van der Waals surface area contributed by atoms with E-state index in [0.717, 1.165) is 33.9 Å². The lowest BCUT2D eigenvalue weighted by Crippen LogP contribution is -2.00. The molecule has 0 radical (unpaired) electrons. The van der Waals surface area contributed by atoms with Gasteiger partial charge >= 0.3 is 0 Å². The molecule has 178 valence electrons. The van der Waals surface area contributed by atoms with Gasteiger partial charge in [0.15, 0.2) is 5.82 Å². The van der Waals surface area contributed by atoms with Crippen LogP contribution in [-0.2, 0) is 0 Å². The van der Waals surface area contributed by atoms with Crippen LogP contribution in [0.4, 0.5) is 0 Å². The van der Waals surface area contributed by atoms with Gasteiger partial charge in [0, 0.05) is 39.8 Å². The Morgan fingerprint density at radius 3 is 2.16 bits per heavy atom. The van der Waals surface area contributed by atoms with Gasteiger partial charge in [0.05, 0.1) is 16.6 Å². The van der Waals surface area contributed by atoms with Crippen molar-refractivity contribution in [2.45, 2.75) is 0 Å². The molecular formula is C34H22N4. The SMILES string of the molecule is c1ccc(-c2nccc(-n3c4ccccc4c4cc5ccc6c(ccn6-c6ccccc6)c5cc43)n2)cc1. The smallest absolute Gasteiger partial charge is 0.161 e. The first-order valence-corrected chi connectivity index (χ1v) is 12.8. The lowest BCUT2D eigenvalue weighted by molar-refractivity contribution is 1.04. The van der Waals surface area contributed by atoms with E-state index < -0.39 is 0 Å². The third-order valence-corrected chi connectivity index (χ3v) is 7.42. The molecule has 0 aliphatic rings. The first-order chi connectivity index (χ1) is 18.8. The summed E-state index contributed by atoms with van der Waals surface area (Å²) in [5.41, 5.74) is 5.63. The highest BCUT2D eigenvalue weighted by molar-refractivity contribution is 6.18. The van der Waals surface area contributed by atoms with Gasteiger partial charge in [-0.3, -0.25) is 4.57 Å². The third kappa shape index (κ3) is 3.10. The van der Waals surface area contributed by atoms with E-state index in [0.29, 0.717) is 0 Å². The van der Waals surface area contributed by atoms with Crippen LogP contribution >= 0.6 is 0 Å². The molecule has 3 aromatic heterocycles. The van der Waals surface area contributed by atoms with E-state index >= 15 is 0 Å². The molecule has 0 spiro atoms. The molecule has 0 amide bonds. The van der Waals surface area contributed by atoms with Crippen molar-refractivity contribution in [3.8, 4) is 22.9 Å². The lowest BCUT2D eigenvalue weighted by Gasteiger charge is -2.10. The number of fused-ring (bicyclic) bond motifs is 6. The Morgan fingerprint density at radius 2 is 1.29 bits per heavy atom. The summed E-state index contributed by atoms with van der Waals surface area (Å²) in [7, 11) is 0. The van der Waals surface area contributed by atoms with Gasteiger partial charge in [-0.1, -0.05) is 72.8 Å². The number of hydrogen-bond donors (Lipinski definition) is 0. The minimum absolute atomic E-state index is 0.720. The second kappa shape index (κ2) is 8.15. The fraction of sp³-hybridized carbons (Fsp3) is 0. The average Bonchev–Trinajstić information content (AvgIpc) is 3.56. The highest BCUT2D eigenvalue weighted by Crippen LogP contribution is 2.37. The standard InChI is InChI=1S/C34H22N4/c1-3-9-23(10-4-1)34-35-19-17-33(36-34)38-31-14-8-7-13-26(31)29-21-24-15-16-30-27(28(24)22-32(29)38)18-20-37(30)25-11-5-2-6-12-25/h1-22H. The van der Waals surface area contributed by atoms with Crippen LogP contribution in [0.5, 0.6) is 0 Å². The maximum Gasteiger partial charge on any atom is 0.161 e. The molecule has 4 heteroatoms. The normalized spacial score (nSPS) is 11.7. The summed E-state index contributed by atoms with van der Waals surface area (Å²) in [6, 6.07) is 42.5. The Kier molecular flexibility index (Phi) is 4.49. The predicted molar refractivity (Wildman–Crippen MR) is 156 cm³/mol. The molecule has 5 aromatic carbocycles. The largest absolute Gasteiger partial charge is 0.317 e. The summed E-state index contributed by atoms with van der Waals surface area (Å²) in [5.74, 6) is 1.58. The molecular weight excluding hydrogens is 464 g/mol. The third-order valence-electron chi connectivity index (χ3n) is 7.42. The summed E-state index contributed by atoms with van der Waals surface area (Å²) in [6.45, 7) is 0. The van der Waals surface area contributed by atoms with Crippen molar-refractivity contribution in [1.82, 2.24) is 19.1 Å². The summed E-state index contributed by atoms with van der Waals surface area (Å²) in [6.07, 6.45) is 4.01. The van der Waals surface area contributed by atoms with Gasteiger partial charge in [-0.25, -0.2) is 9.97 Å². The number of rotatable bonds is 3. The van der Waals surface area contributed by atoms with Crippen molar-refractivity contribution in [2.75, 3.05) is 0 Å². The molecule has 0 saturated heterocycles. The maximum atomic E-state index is 5.02. The van der Waals surface area contributed by atoms with Crippen molar-refractivity contribution < 1.29 is 0 Å². The second-order valence-electron chi connectivity index (χ2n) is 9.57. The summed E-state index contributed by atoms with van der Waals surface area (Å²) >= 11 is 0. The molecule has 0 fully saturated rings. The molecule has 38 heavy (non-hydrogen) atoms. The van der Waals surface area contributed by atoms with Crippen molar-refractivity contribution in [2.24, 2.45) is 0 Å². The quantitative estimate of drug-likeness (QED) is 0.252. The Bertz CT molecular complexity index is 2120. The van der Waals surface area contributed by atoms with E-state index in [1.54, 1.807) is 0 Å². The fourth-order valence-electron chi connectivity index (χ4n) is 5.67. The monoisotopic (exact) mass is 486 g/mol. The second-order valence-corrected chi connectivity index (χ2v) is 9.57. The van der Waals surface area contributed by atoms with Crippen molar-refractivity contribution in [1.29, 1.82) is 0 Å². The molecule has 8 aromatic rings. The molecule has 4 nitrogen and oxygen atoms in total. The van der Waals surface area contributed by atoms with Crippen LogP contribution in [-0.4, -0.2) is 19.1 Å². The molecule has 3 heterocycles. The first-order valence-electron chi connectivity index (χ1n) is 12.8. The van der Waals surface area contributed by atoms with Gasteiger partial charge in [0.1, 0.15) is 5.82 Å². The van der Waals surface area contributed by atoms with E-state index in [1.807, 2.05) is 42.6 Å². The molecule has 0 N–H and O–H groups in total. The van der Waals surface area contributed by atoms with Crippen LogP contribution in [0, 0.1) is 0 Å². The van der Waals surface area contributed by atoms with Gasteiger partial charge in [0.2, 0.25) is 0 Å². The van der Waals surface area contributed by atoms with E-state index in [2.05, 4.69) is 105 Å². The average molecular weight is 487 g/mol. The minimum Gasteiger partial charge on any atom is -0.317 e. The van der Waals surface area contributed by atoms with Crippen LogP contribution < -0.4 is 0 Å². The van der Waals surface area contributed by atoms with E-state index in [4.69, 9.17) is 4.98 Å². The number of benzene rings is 5. The summed E-state index contributed by atoms with van der Waals surface area (Å²) in [5, 5.41) is 6.12. The number of para-hydroxylation sites is 2. The molecule has 8 rings (SSSR count). The van der Waals surface area contributed by atoms with Crippen LogP contribution in [0.15, 0.2) is 134 Å². The van der Waals surface area contributed by atoms with Crippen LogP contribution in [0.3, 0.4) is 0 Å². The number of aromatic nitrogens is 4. The van der Waals surface area contributed by atoms with Gasteiger partial charge in [0.25, 0.3) is 0 Å². The molecule has 0 aliphatic carbocycles. The van der Waals surface area contributed by atoms with Crippen LogP contribution in [0.1, 0.15) is 0 Å². The molecule has 0 aliphatic heterocycles. The van der Waals surface area contributed by atoms with Gasteiger partial charge in [-0.15, -0.1) is 0 Å². The fourth-order valence-corrected chi connectivity index (χ4v) is 5.67. The van der Waals surface area contributed by atoms with Gasteiger partial charge in [-0.2, -0.15) is 0 Å². The molecule has 0 unspecified atom stereocenters. The Hall–Kier alpha value is -5.22. The Balaban J connectivity index is 1.43. The Morgan fingerprint density at radius 1 is 0.526 bits per heavy atom. The zero-order valence-corrected chi connectivity index (χ0v) is 20.5. The van der Waals surface area contributed by atoms with Crippen LogP contribution in [0.25, 0.3) is 66.4 Å². The van der Waals surface area contributed by atoms with Crippen molar-refractivity contribution in [3.05, 3.63) is 134 Å².